The van der Waals surface area contributed by atoms with Crippen molar-refractivity contribution in [2.75, 3.05) is 11.9 Å². The van der Waals surface area contributed by atoms with Gasteiger partial charge in [0.05, 0.1) is 0 Å². The molecule has 1 aromatic carbocycles. The molecule has 0 aliphatic rings. The molecule has 1 heterocycles. The molecule has 2 rings (SSSR count). The van der Waals surface area contributed by atoms with Crippen LogP contribution in [-0.4, -0.2) is 23.3 Å². The average molecular weight is 311 g/mol. The monoisotopic (exact) mass is 311 g/mol. The van der Waals surface area contributed by atoms with Crippen molar-refractivity contribution < 1.29 is 9.59 Å². The minimum atomic E-state index is -0.336. The molecular weight excluding hydrogens is 290 g/mol. The SMILES string of the molecule is CCCCNC(=O)c1ccnc(C(=O)Nc2ccc(C)cc2)c1. The molecule has 0 bridgehead atoms. The molecule has 0 unspecified atom stereocenters. The first-order chi connectivity index (χ1) is 11.1. The summed E-state index contributed by atoms with van der Waals surface area (Å²) in [4.78, 5) is 28.3. The van der Waals surface area contributed by atoms with Crippen LogP contribution in [0.15, 0.2) is 42.6 Å². The largest absolute Gasteiger partial charge is 0.352 e. The Bertz CT molecular complexity index is 681. The Balaban J connectivity index is 2.04. The van der Waals surface area contributed by atoms with Gasteiger partial charge >= 0.3 is 0 Å². The molecule has 2 N–H and O–H groups in total. The molecule has 0 atom stereocenters. The number of aryl methyl sites for hydroxylation is 1. The van der Waals surface area contributed by atoms with Crippen molar-refractivity contribution in [1.29, 1.82) is 0 Å². The zero-order valence-corrected chi connectivity index (χ0v) is 13.4. The van der Waals surface area contributed by atoms with E-state index >= 15 is 0 Å². The fourth-order valence-electron chi connectivity index (χ4n) is 2.01. The second-order valence-electron chi connectivity index (χ2n) is 5.36. The van der Waals surface area contributed by atoms with E-state index < -0.39 is 0 Å². The van der Waals surface area contributed by atoms with Gasteiger partial charge in [-0.3, -0.25) is 14.6 Å². The van der Waals surface area contributed by atoms with Gasteiger partial charge in [0.25, 0.3) is 11.8 Å². The Labute approximate surface area is 136 Å². The van der Waals surface area contributed by atoms with Crippen LogP contribution in [0.4, 0.5) is 5.69 Å². The number of rotatable bonds is 6. The van der Waals surface area contributed by atoms with Crippen molar-refractivity contribution in [2.24, 2.45) is 0 Å². The van der Waals surface area contributed by atoms with Crippen molar-refractivity contribution in [3.63, 3.8) is 0 Å². The number of benzene rings is 1. The highest BCUT2D eigenvalue weighted by Gasteiger charge is 2.11. The van der Waals surface area contributed by atoms with Crippen LogP contribution in [0.1, 0.15) is 46.2 Å². The van der Waals surface area contributed by atoms with Crippen LogP contribution in [0.3, 0.4) is 0 Å². The number of anilines is 1. The van der Waals surface area contributed by atoms with Crippen LogP contribution >= 0.6 is 0 Å². The van der Waals surface area contributed by atoms with Crippen LogP contribution in [0.2, 0.25) is 0 Å². The number of aromatic nitrogens is 1. The Morgan fingerprint density at radius 1 is 1.09 bits per heavy atom. The average Bonchev–Trinajstić information content (AvgIpc) is 2.57. The summed E-state index contributed by atoms with van der Waals surface area (Å²) in [6.45, 7) is 4.67. The molecule has 0 spiro atoms. The third-order valence-electron chi connectivity index (χ3n) is 3.38. The van der Waals surface area contributed by atoms with E-state index in [4.69, 9.17) is 0 Å². The Morgan fingerprint density at radius 3 is 2.52 bits per heavy atom. The maximum atomic E-state index is 12.2. The second kappa shape index (κ2) is 8.08. The normalized spacial score (nSPS) is 10.2. The third-order valence-corrected chi connectivity index (χ3v) is 3.38. The molecule has 23 heavy (non-hydrogen) atoms. The molecule has 0 fully saturated rings. The first-order valence-electron chi connectivity index (χ1n) is 7.72. The predicted octanol–water partition coefficient (Wildman–Crippen LogP) is 3.17. The van der Waals surface area contributed by atoms with Crippen LogP contribution in [0.25, 0.3) is 0 Å². The molecule has 2 amide bonds. The number of unbranched alkanes of at least 4 members (excludes halogenated alkanes) is 1. The molecule has 2 aromatic rings. The lowest BCUT2D eigenvalue weighted by molar-refractivity contribution is 0.0953. The van der Waals surface area contributed by atoms with Gasteiger partial charge in [-0.05, 0) is 37.6 Å². The van der Waals surface area contributed by atoms with Gasteiger partial charge in [0.1, 0.15) is 5.69 Å². The van der Waals surface area contributed by atoms with Crippen molar-refractivity contribution in [2.45, 2.75) is 26.7 Å². The molecule has 0 radical (unpaired) electrons. The molecule has 0 saturated heterocycles. The van der Waals surface area contributed by atoms with Crippen molar-refractivity contribution in [3.05, 3.63) is 59.4 Å². The van der Waals surface area contributed by atoms with E-state index in [1.807, 2.05) is 31.2 Å². The van der Waals surface area contributed by atoms with Gasteiger partial charge in [0.15, 0.2) is 0 Å². The summed E-state index contributed by atoms with van der Waals surface area (Å²) >= 11 is 0. The molecule has 0 aliphatic carbocycles. The molecule has 5 nitrogen and oxygen atoms in total. The van der Waals surface area contributed by atoms with Crippen LogP contribution in [-0.2, 0) is 0 Å². The van der Waals surface area contributed by atoms with Crippen LogP contribution in [0, 0.1) is 6.92 Å². The first-order valence-corrected chi connectivity index (χ1v) is 7.72. The van der Waals surface area contributed by atoms with Gasteiger partial charge in [-0.25, -0.2) is 0 Å². The number of pyridine rings is 1. The van der Waals surface area contributed by atoms with E-state index in [2.05, 4.69) is 22.5 Å². The number of carbonyl (C=O) groups is 2. The van der Waals surface area contributed by atoms with Gasteiger partial charge in [-0.2, -0.15) is 0 Å². The minimum absolute atomic E-state index is 0.190. The zero-order valence-electron chi connectivity index (χ0n) is 13.4. The van der Waals surface area contributed by atoms with E-state index in [0.29, 0.717) is 17.8 Å². The number of carbonyl (C=O) groups excluding carboxylic acids is 2. The zero-order chi connectivity index (χ0) is 16.7. The summed E-state index contributed by atoms with van der Waals surface area (Å²) in [6, 6.07) is 10.6. The minimum Gasteiger partial charge on any atom is -0.352 e. The van der Waals surface area contributed by atoms with E-state index in [-0.39, 0.29) is 17.5 Å². The highest BCUT2D eigenvalue weighted by atomic mass is 16.2. The smallest absolute Gasteiger partial charge is 0.274 e. The standard InChI is InChI=1S/C18H21N3O2/c1-3-4-10-20-17(22)14-9-11-19-16(12-14)18(23)21-15-7-5-13(2)6-8-15/h5-9,11-12H,3-4,10H2,1-2H3,(H,20,22)(H,21,23). The highest BCUT2D eigenvalue weighted by Crippen LogP contribution is 2.11. The summed E-state index contributed by atoms with van der Waals surface area (Å²) in [5.41, 5.74) is 2.46. The Kier molecular flexibility index (Phi) is 5.86. The number of nitrogens with zero attached hydrogens (tertiary/aromatic N) is 1. The topological polar surface area (TPSA) is 71.1 Å². The van der Waals surface area contributed by atoms with Crippen LogP contribution in [0.5, 0.6) is 0 Å². The summed E-state index contributed by atoms with van der Waals surface area (Å²) in [5.74, 6) is -0.526. The summed E-state index contributed by atoms with van der Waals surface area (Å²) in [5, 5.41) is 5.59. The molecular formula is C18H21N3O2. The first kappa shape index (κ1) is 16.7. The lowest BCUT2D eigenvalue weighted by atomic mass is 10.2. The maximum absolute atomic E-state index is 12.2. The molecule has 0 aliphatic heterocycles. The fraction of sp³-hybridized carbons (Fsp3) is 0.278. The molecule has 5 heteroatoms. The van der Waals surface area contributed by atoms with Crippen LogP contribution < -0.4 is 10.6 Å². The van der Waals surface area contributed by atoms with E-state index in [9.17, 15) is 9.59 Å². The third kappa shape index (κ3) is 4.92. The van der Waals surface area contributed by atoms with Crippen molar-refractivity contribution >= 4 is 17.5 Å². The summed E-state index contributed by atoms with van der Waals surface area (Å²) < 4.78 is 0. The number of hydrogen-bond donors (Lipinski definition) is 2. The number of nitrogens with one attached hydrogen (secondary N) is 2. The lowest BCUT2D eigenvalue weighted by Gasteiger charge is -2.07. The summed E-state index contributed by atoms with van der Waals surface area (Å²) in [7, 11) is 0. The number of amides is 2. The van der Waals surface area contributed by atoms with Gasteiger partial charge in [-0.15, -0.1) is 0 Å². The van der Waals surface area contributed by atoms with Gasteiger partial charge in [-0.1, -0.05) is 31.0 Å². The van der Waals surface area contributed by atoms with Gasteiger partial charge in [0.2, 0.25) is 0 Å². The Morgan fingerprint density at radius 2 is 1.83 bits per heavy atom. The van der Waals surface area contributed by atoms with Crippen molar-refractivity contribution in [1.82, 2.24) is 10.3 Å². The number of hydrogen-bond acceptors (Lipinski definition) is 3. The maximum Gasteiger partial charge on any atom is 0.274 e. The fourth-order valence-corrected chi connectivity index (χ4v) is 2.01. The summed E-state index contributed by atoms with van der Waals surface area (Å²) in [6.07, 6.45) is 3.41. The van der Waals surface area contributed by atoms with Gasteiger partial charge in [0, 0.05) is 24.0 Å². The molecule has 0 saturated carbocycles. The quantitative estimate of drug-likeness (QED) is 0.805. The van der Waals surface area contributed by atoms with E-state index in [0.717, 1.165) is 18.4 Å². The molecule has 1 aromatic heterocycles. The van der Waals surface area contributed by atoms with Gasteiger partial charge < -0.3 is 10.6 Å². The Hall–Kier alpha value is -2.69. The molecule has 120 valence electrons. The van der Waals surface area contributed by atoms with E-state index in [1.165, 1.54) is 12.3 Å². The van der Waals surface area contributed by atoms with E-state index in [1.54, 1.807) is 6.07 Å². The van der Waals surface area contributed by atoms with Crippen molar-refractivity contribution in [3.8, 4) is 0 Å². The lowest BCUT2D eigenvalue weighted by Crippen LogP contribution is -2.25. The second-order valence-corrected chi connectivity index (χ2v) is 5.36. The predicted molar refractivity (Wildman–Crippen MR) is 90.6 cm³/mol. The highest BCUT2D eigenvalue weighted by molar-refractivity contribution is 6.04.